The van der Waals surface area contributed by atoms with Crippen molar-refractivity contribution in [1.29, 1.82) is 0 Å². The lowest BCUT2D eigenvalue weighted by Gasteiger charge is -2.18. The van der Waals surface area contributed by atoms with Crippen LogP contribution in [0.5, 0.6) is 0 Å². The van der Waals surface area contributed by atoms with Crippen molar-refractivity contribution in [2.45, 2.75) is 77.1 Å². The zero-order valence-corrected chi connectivity index (χ0v) is 14.8. The van der Waals surface area contributed by atoms with Crippen molar-refractivity contribution >= 4 is 0 Å². The fraction of sp³-hybridized carbons (Fsp3) is 0.700. The van der Waals surface area contributed by atoms with Crippen molar-refractivity contribution in [1.82, 2.24) is 0 Å². The van der Waals surface area contributed by atoms with E-state index in [0.29, 0.717) is 12.0 Å². The summed E-state index contributed by atoms with van der Waals surface area (Å²) in [5.41, 5.74) is 3.17. The maximum atomic E-state index is 10.4. The second-order valence-corrected chi connectivity index (χ2v) is 7.52. The van der Waals surface area contributed by atoms with E-state index >= 15 is 0 Å². The average molecular weight is 320 g/mol. The Balaban J connectivity index is 2.15. The number of epoxide rings is 1. The molecule has 130 valence electrons. The summed E-state index contributed by atoms with van der Waals surface area (Å²) < 4.78 is 5.93. The smallest absolute Gasteiger partial charge is 0.0932 e. The van der Waals surface area contributed by atoms with Gasteiger partial charge in [0, 0.05) is 0 Å². The van der Waals surface area contributed by atoms with Crippen LogP contribution in [-0.2, 0) is 4.74 Å². The lowest BCUT2D eigenvalue weighted by atomic mass is 9.89. The van der Waals surface area contributed by atoms with E-state index in [9.17, 15) is 10.2 Å². The third kappa shape index (κ3) is 5.03. The largest absolute Gasteiger partial charge is 0.392 e. The van der Waals surface area contributed by atoms with Crippen molar-refractivity contribution in [2.75, 3.05) is 6.61 Å². The summed E-state index contributed by atoms with van der Waals surface area (Å²) in [6.07, 6.45) is 9.18. The first-order valence-electron chi connectivity index (χ1n) is 8.88. The van der Waals surface area contributed by atoms with Crippen LogP contribution in [0.4, 0.5) is 0 Å². The molecule has 0 spiro atoms. The maximum Gasteiger partial charge on any atom is 0.0932 e. The molecule has 3 atom stereocenters. The molecule has 2 N–H and O–H groups in total. The van der Waals surface area contributed by atoms with Gasteiger partial charge in [0.25, 0.3) is 0 Å². The monoisotopic (exact) mass is 320 g/mol. The first-order chi connectivity index (χ1) is 10.9. The van der Waals surface area contributed by atoms with E-state index in [2.05, 4.69) is 33.4 Å². The fourth-order valence-corrected chi connectivity index (χ4v) is 3.32. The number of hydrogen-bond acceptors (Lipinski definition) is 3. The first-order valence-corrected chi connectivity index (χ1v) is 8.88. The summed E-state index contributed by atoms with van der Waals surface area (Å²) in [4.78, 5) is 0. The molecule has 0 saturated carbocycles. The van der Waals surface area contributed by atoms with Crippen molar-refractivity contribution in [2.24, 2.45) is 5.92 Å². The van der Waals surface area contributed by atoms with Gasteiger partial charge in [0.2, 0.25) is 0 Å². The molecule has 2 rings (SSSR count). The summed E-state index contributed by atoms with van der Waals surface area (Å²) in [6, 6.07) is 0. The Kier molecular flexibility index (Phi) is 6.24. The molecule has 3 nitrogen and oxygen atoms in total. The molecule has 1 heterocycles. The van der Waals surface area contributed by atoms with Gasteiger partial charge >= 0.3 is 0 Å². The number of allylic oxidation sites excluding steroid dienone is 2. The Morgan fingerprint density at radius 2 is 2.09 bits per heavy atom. The van der Waals surface area contributed by atoms with Crippen LogP contribution in [0.1, 0.15) is 59.3 Å². The summed E-state index contributed by atoms with van der Waals surface area (Å²) in [6.45, 7) is 10.7. The van der Waals surface area contributed by atoms with E-state index in [-0.39, 0.29) is 12.2 Å². The van der Waals surface area contributed by atoms with Crippen LogP contribution in [0.25, 0.3) is 0 Å². The zero-order valence-electron chi connectivity index (χ0n) is 14.8. The quantitative estimate of drug-likeness (QED) is 0.599. The molecule has 1 aliphatic heterocycles. The summed E-state index contributed by atoms with van der Waals surface area (Å²) in [5.74, 6) is 0.423. The molecule has 2 aliphatic rings. The Labute approximate surface area is 140 Å². The number of aliphatic hydroxyl groups is 2. The van der Waals surface area contributed by atoms with Crippen LogP contribution in [-0.4, -0.2) is 34.6 Å². The standard InChI is InChI=1S/C20H32O3/c1-14(2)17-10-11-20(4)19(23-20)9-8-16(13-21)7-5-6-15(3)18(22)12-17/h7,12,14,18-19,21-22H,3,5-6,8-11,13H2,1-2,4H3/b16-7-,17-12+/t18-,19+,20+/m1/s1. The van der Waals surface area contributed by atoms with E-state index in [1.807, 2.05) is 6.08 Å². The number of aliphatic hydroxyl groups excluding tert-OH is 2. The van der Waals surface area contributed by atoms with Gasteiger partial charge in [-0.25, -0.2) is 0 Å². The van der Waals surface area contributed by atoms with E-state index < -0.39 is 6.10 Å². The molecule has 0 amide bonds. The molecule has 0 unspecified atom stereocenters. The molecular weight excluding hydrogens is 288 g/mol. The van der Waals surface area contributed by atoms with Gasteiger partial charge < -0.3 is 14.9 Å². The van der Waals surface area contributed by atoms with Crippen molar-refractivity contribution in [3.63, 3.8) is 0 Å². The van der Waals surface area contributed by atoms with Crippen molar-refractivity contribution in [3.8, 4) is 0 Å². The van der Waals surface area contributed by atoms with E-state index in [0.717, 1.165) is 49.7 Å². The van der Waals surface area contributed by atoms with Crippen LogP contribution < -0.4 is 0 Å². The lowest BCUT2D eigenvalue weighted by molar-refractivity contribution is 0.252. The minimum atomic E-state index is -0.579. The summed E-state index contributed by atoms with van der Waals surface area (Å²) in [7, 11) is 0. The molecule has 0 aromatic heterocycles. The number of rotatable bonds is 2. The third-order valence-electron chi connectivity index (χ3n) is 5.31. The van der Waals surface area contributed by atoms with Gasteiger partial charge in [-0.2, -0.15) is 0 Å². The van der Waals surface area contributed by atoms with Gasteiger partial charge in [0.1, 0.15) is 0 Å². The Bertz CT molecular complexity index is 489. The molecule has 0 bridgehead atoms. The topological polar surface area (TPSA) is 53.0 Å². The minimum Gasteiger partial charge on any atom is -0.392 e. The van der Waals surface area contributed by atoms with Crippen molar-refractivity contribution < 1.29 is 14.9 Å². The second kappa shape index (κ2) is 7.78. The van der Waals surface area contributed by atoms with Crippen LogP contribution in [0.3, 0.4) is 0 Å². The summed E-state index contributed by atoms with van der Waals surface area (Å²) >= 11 is 0. The highest BCUT2D eigenvalue weighted by atomic mass is 16.6. The minimum absolute atomic E-state index is 0.0410. The van der Waals surface area contributed by atoms with E-state index in [4.69, 9.17) is 4.74 Å². The highest BCUT2D eigenvalue weighted by molar-refractivity contribution is 5.19. The predicted molar refractivity (Wildman–Crippen MR) is 94.2 cm³/mol. The van der Waals surface area contributed by atoms with Crippen LogP contribution in [0, 0.1) is 5.92 Å². The molecule has 23 heavy (non-hydrogen) atoms. The van der Waals surface area contributed by atoms with Gasteiger partial charge in [0.15, 0.2) is 0 Å². The number of hydrogen-bond donors (Lipinski definition) is 2. The highest BCUT2D eigenvalue weighted by Crippen LogP contribution is 2.44. The fourth-order valence-electron chi connectivity index (χ4n) is 3.32. The second-order valence-electron chi connectivity index (χ2n) is 7.52. The van der Waals surface area contributed by atoms with E-state index in [1.54, 1.807) is 0 Å². The maximum absolute atomic E-state index is 10.4. The molecule has 1 fully saturated rings. The summed E-state index contributed by atoms with van der Waals surface area (Å²) in [5, 5.41) is 19.9. The predicted octanol–water partition coefficient (Wildman–Crippen LogP) is 3.92. The van der Waals surface area contributed by atoms with Gasteiger partial charge in [0.05, 0.1) is 24.4 Å². The Morgan fingerprint density at radius 1 is 1.35 bits per heavy atom. The van der Waals surface area contributed by atoms with E-state index in [1.165, 1.54) is 5.57 Å². The SMILES string of the molecule is C=C1CC/C=C(\CO)CC[C@@H]2O[C@@]2(C)CC/C(C(C)C)=C\[C@H]1O. The molecule has 1 saturated heterocycles. The van der Waals surface area contributed by atoms with Gasteiger partial charge in [-0.1, -0.05) is 38.2 Å². The lowest BCUT2D eigenvalue weighted by Crippen LogP contribution is -2.14. The Hall–Kier alpha value is -0.900. The van der Waals surface area contributed by atoms with Crippen LogP contribution in [0.15, 0.2) is 35.5 Å². The molecule has 0 aromatic carbocycles. The van der Waals surface area contributed by atoms with Gasteiger partial charge in [-0.05, 0) is 62.5 Å². The van der Waals surface area contributed by atoms with Crippen LogP contribution in [0.2, 0.25) is 0 Å². The van der Waals surface area contributed by atoms with Crippen molar-refractivity contribution in [3.05, 3.63) is 35.5 Å². The highest BCUT2D eigenvalue weighted by Gasteiger charge is 2.50. The third-order valence-corrected chi connectivity index (χ3v) is 5.31. The first kappa shape index (κ1) is 18.4. The normalized spacial score (nSPS) is 38.1. The molecular formula is C20H32O3. The molecule has 3 heteroatoms. The zero-order chi connectivity index (χ0) is 17.0. The van der Waals surface area contributed by atoms with Gasteiger partial charge in [-0.3, -0.25) is 0 Å². The Morgan fingerprint density at radius 3 is 2.74 bits per heavy atom. The average Bonchev–Trinajstić information content (AvgIpc) is 3.16. The number of fused-ring (bicyclic) bond motifs is 1. The van der Waals surface area contributed by atoms with Gasteiger partial charge in [-0.15, -0.1) is 0 Å². The molecule has 0 aromatic rings. The molecule has 0 radical (unpaired) electrons. The molecule has 1 aliphatic carbocycles. The van der Waals surface area contributed by atoms with Crippen LogP contribution >= 0.6 is 0 Å². The number of ether oxygens (including phenoxy) is 1.